The van der Waals surface area contributed by atoms with Gasteiger partial charge >= 0.3 is 6.03 Å². The Balaban J connectivity index is 1.57. The summed E-state index contributed by atoms with van der Waals surface area (Å²) in [4.78, 5) is 42.8. The number of rotatable bonds is 3. The van der Waals surface area contributed by atoms with E-state index in [4.69, 9.17) is 0 Å². The maximum Gasteiger partial charge on any atom is 0.331 e. The number of barbiturate groups is 1. The van der Waals surface area contributed by atoms with Gasteiger partial charge in [-0.3, -0.25) is 24.8 Å². The first-order chi connectivity index (χ1) is 12.0. The number of carbonyl (C=O) groups excluding carboxylic acids is 3. The van der Waals surface area contributed by atoms with Crippen molar-refractivity contribution in [1.29, 1.82) is 0 Å². The number of hydrogen-bond acceptors (Lipinski definition) is 4. The normalized spacial score (nSPS) is 31.9. The van der Waals surface area contributed by atoms with Crippen LogP contribution in [0.2, 0.25) is 0 Å². The molecule has 2 bridgehead atoms. The predicted octanol–water partition coefficient (Wildman–Crippen LogP) is 3.03. The number of nitrogens with zero attached hydrogens (tertiary/aromatic N) is 2. The number of urea groups is 1. The van der Waals surface area contributed by atoms with Crippen LogP contribution < -0.4 is 5.32 Å². The number of carbonyl (C=O) groups is 3. The van der Waals surface area contributed by atoms with Gasteiger partial charge in [-0.1, -0.05) is 18.6 Å². The van der Waals surface area contributed by atoms with Gasteiger partial charge in [0.1, 0.15) is 0 Å². The second-order valence-electron chi connectivity index (χ2n) is 6.95. The molecule has 25 heavy (non-hydrogen) atoms. The van der Waals surface area contributed by atoms with E-state index >= 15 is 0 Å². The first-order valence-corrected chi connectivity index (χ1v) is 9.30. The minimum atomic E-state index is -1.07. The Morgan fingerprint density at radius 3 is 2.64 bits per heavy atom. The Labute approximate surface area is 153 Å². The molecule has 130 valence electrons. The molecule has 4 amide bonds. The molecule has 1 saturated heterocycles. The van der Waals surface area contributed by atoms with Crippen molar-refractivity contribution in [2.75, 3.05) is 0 Å². The van der Waals surface area contributed by atoms with Crippen molar-refractivity contribution in [2.45, 2.75) is 31.7 Å². The van der Waals surface area contributed by atoms with Crippen LogP contribution >= 0.6 is 15.9 Å². The lowest BCUT2D eigenvalue weighted by Gasteiger charge is -2.36. The first-order valence-electron chi connectivity index (χ1n) is 8.51. The first kappa shape index (κ1) is 16.4. The Hall–Kier alpha value is -2.02. The molecular formula is C18H18BrN3O3. The number of benzene rings is 1. The second-order valence-corrected chi connectivity index (χ2v) is 7.81. The number of hydrogen-bond donors (Lipinski definition) is 1. The predicted molar refractivity (Wildman–Crippen MR) is 95.4 cm³/mol. The van der Waals surface area contributed by atoms with Gasteiger partial charge in [0.2, 0.25) is 11.8 Å². The highest BCUT2D eigenvalue weighted by atomic mass is 79.9. The largest absolute Gasteiger partial charge is 0.331 e. The lowest BCUT2D eigenvalue weighted by Crippen LogP contribution is -2.62. The van der Waals surface area contributed by atoms with E-state index in [-0.39, 0.29) is 6.04 Å². The second kappa shape index (κ2) is 6.37. The molecule has 0 unspecified atom stereocenters. The Morgan fingerprint density at radius 2 is 1.96 bits per heavy atom. The SMILES string of the molecule is O=C1NC(=O)N([C@H]2C[C@H]3CC[C@H]2C3)C(=O)[C@H]1C=Nc1ccccc1Br. The van der Waals surface area contributed by atoms with E-state index in [1.54, 1.807) is 6.07 Å². The molecule has 2 saturated carbocycles. The fourth-order valence-corrected chi connectivity index (χ4v) is 4.68. The quantitative estimate of drug-likeness (QED) is 0.622. The summed E-state index contributed by atoms with van der Waals surface area (Å²) < 4.78 is 0.774. The molecule has 1 heterocycles. The van der Waals surface area contributed by atoms with Gasteiger partial charge < -0.3 is 0 Å². The van der Waals surface area contributed by atoms with Gasteiger partial charge in [0.15, 0.2) is 5.92 Å². The maximum absolute atomic E-state index is 12.9. The van der Waals surface area contributed by atoms with Crippen LogP contribution in [0.4, 0.5) is 10.5 Å². The summed E-state index contributed by atoms with van der Waals surface area (Å²) >= 11 is 3.39. The molecule has 4 atom stereocenters. The number of nitrogens with one attached hydrogen (secondary N) is 1. The monoisotopic (exact) mass is 403 g/mol. The van der Waals surface area contributed by atoms with Crippen LogP contribution in [0.5, 0.6) is 0 Å². The van der Waals surface area contributed by atoms with Crippen molar-refractivity contribution in [3.05, 3.63) is 28.7 Å². The number of amides is 4. The zero-order valence-corrected chi connectivity index (χ0v) is 15.1. The summed E-state index contributed by atoms with van der Waals surface area (Å²) in [7, 11) is 0. The fraction of sp³-hybridized carbons (Fsp3) is 0.444. The standard InChI is InChI=1S/C18H18BrN3O3/c19-13-3-1-2-4-14(13)20-9-12-16(23)21-18(25)22(17(12)24)15-8-10-5-6-11(15)7-10/h1-4,9-12,15H,5-8H2,(H,21,23,25)/t10-,11-,12-,15-/m0/s1. The van der Waals surface area contributed by atoms with Crippen molar-refractivity contribution >= 4 is 45.7 Å². The zero-order valence-electron chi connectivity index (χ0n) is 13.5. The minimum Gasteiger partial charge on any atom is -0.277 e. The van der Waals surface area contributed by atoms with Crippen molar-refractivity contribution in [3.63, 3.8) is 0 Å². The molecule has 1 aromatic rings. The topological polar surface area (TPSA) is 78.8 Å². The highest BCUT2D eigenvalue weighted by molar-refractivity contribution is 9.10. The van der Waals surface area contributed by atoms with Crippen LogP contribution in [0, 0.1) is 17.8 Å². The van der Waals surface area contributed by atoms with Crippen molar-refractivity contribution in [1.82, 2.24) is 10.2 Å². The number of fused-ring (bicyclic) bond motifs is 2. The van der Waals surface area contributed by atoms with E-state index in [1.807, 2.05) is 18.2 Å². The van der Waals surface area contributed by atoms with Crippen molar-refractivity contribution < 1.29 is 14.4 Å². The van der Waals surface area contributed by atoms with Gasteiger partial charge in [-0.2, -0.15) is 0 Å². The average Bonchev–Trinajstić information content (AvgIpc) is 3.19. The van der Waals surface area contributed by atoms with E-state index in [1.165, 1.54) is 17.5 Å². The Morgan fingerprint density at radius 1 is 1.16 bits per heavy atom. The van der Waals surface area contributed by atoms with E-state index in [0.29, 0.717) is 17.5 Å². The van der Waals surface area contributed by atoms with Crippen LogP contribution in [0.25, 0.3) is 0 Å². The lowest BCUT2D eigenvalue weighted by atomic mass is 9.92. The van der Waals surface area contributed by atoms with E-state index in [2.05, 4.69) is 26.2 Å². The number of imide groups is 2. The van der Waals surface area contributed by atoms with E-state index in [9.17, 15) is 14.4 Å². The van der Waals surface area contributed by atoms with Crippen LogP contribution in [-0.2, 0) is 9.59 Å². The number of halogens is 1. The zero-order chi connectivity index (χ0) is 17.6. The lowest BCUT2D eigenvalue weighted by molar-refractivity contribution is -0.141. The summed E-state index contributed by atoms with van der Waals surface area (Å²) in [6.07, 6.45) is 5.49. The average molecular weight is 404 g/mol. The van der Waals surface area contributed by atoms with E-state index < -0.39 is 23.8 Å². The molecule has 0 aromatic heterocycles. The van der Waals surface area contributed by atoms with Gasteiger partial charge in [0, 0.05) is 16.7 Å². The molecule has 6 nitrogen and oxygen atoms in total. The Kier molecular flexibility index (Phi) is 4.19. The summed E-state index contributed by atoms with van der Waals surface area (Å²) in [6.45, 7) is 0. The Bertz CT molecular complexity index is 779. The number of aliphatic imine (C=N–C) groups is 1. The third-order valence-corrected chi connectivity index (χ3v) is 6.15. The maximum atomic E-state index is 12.9. The molecule has 7 heteroatoms. The van der Waals surface area contributed by atoms with Gasteiger partial charge in [-0.25, -0.2) is 4.79 Å². The molecule has 1 N–H and O–H groups in total. The van der Waals surface area contributed by atoms with Gasteiger partial charge in [-0.05, 0) is 59.2 Å². The summed E-state index contributed by atoms with van der Waals surface area (Å²) in [5.74, 6) is -1.16. The molecule has 2 aliphatic carbocycles. The minimum absolute atomic E-state index is 0.0845. The van der Waals surface area contributed by atoms with Gasteiger partial charge in [-0.15, -0.1) is 0 Å². The molecular weight excluding hydrogens is 386 g/mol. The molecule has 3 fully saturated rings. The molecule has 1 aromatic carbocycles. The van der Waals surface area contributed by atoms with Crippen molar-refractivity contribution in [3.8, 4) is 0 Å². The molecule has 0 radical (unpaired) electrons. The van der Waals surface area contributed by atoms with E-state index in [0.717, 1.165) is 23.7 Å². The molecule has 1 aliphatic heterocycles. The smallest absolute Gasteiger partial charge is 0.277 e. The van der Waals surface area contributed by atoms with Crippen LogP contribution in [0.3, 0.4) is 0 Å². The third kappa shape index (κ3) is 2.90. The third-order valence-electron chi connectivity index (χ3n) is 5.48. The van der Waals surface area contributed by atoms with Gasteiger partial charge in [0.25, 0.3) is 0 Å². The van der Waals surface area contributed by atoms with Crippen molar-refractivity contribution in [2.24, 2.45) is 22.7 Å². The highest BCUT2D eigenvalue weighted by Gasteiger charge is 2.50. The summed E-state index contributed by atoms with van der Waals surface area (Å²) in [6, 6.07) is 6.63. The summed E-state index contributed by atoms with van der Waals surface area (Å²) in [5, 5.41) is 2.32. The summed E-state index contributed by atoms with van der Waals surface area (Å²) in [5.41, 5.74) is 0.631. The molecule has 0 spiro atoms. The fourth-order valence-electron chi connectivity index (χ4n) is 4.29. The van der Waals surface area contributed by atoms with Gasteiger partial charge in [0.05, 0.1) is 5.69 Å². The highest BCUT2D eigenvalue weighted by Crippen LogP contribution is 2.47. The molecule has 4 rings (SSSR count). The van der Waals surface area contributed by atoms with Crippen LogP contribution in [0.15, 0.2) is 33.7 Å². The molecule has 3 aliphatic rings. The number of para-hydroxylation sites is 1. The van der Waals surface area contributed by atoms with Crippen LogP contribution in [0.1, 0.15) is 25.7 Å². The van der Waals surface area contributed by atoms with Crippen LogP contribution in [-0.4, -0.2) is 35.0 Å².